The van der Waals surface area contributed by atoms with Gasteiger partial charge in [0, 0.05) is 37.2 Å². The molecule has 2 saturated heterocycles. The Bertz CT molecular complexity index is 561. The number of fused-ring (bicyclic) bond motifs is 1. The molecule has 5 N–H and O–H groups in total. The van der Waals surface area contributed by atoms with E-state index in [0.717, 1.165) is 38.8 Å². The Morgan fingerprint density at radius 2 is 2.00 bits per heavy atom. The van der Waals surface area contributed by atoms with Crippen LogP contribution in [0.3, 0.4) is 0 Å². The Morgan fingerprint density at radius 3 is 2.82 bits per heavy atom. The standard InChI is InChI=1S/C21H38ClN5O/c1-12-4-5-14(6-8-24-12)18-19(22)16(11-15-7-9-28-20(15)18)26-21-25-13(2)10-17(23-3)27-21/h6,12-13,15-21,23-27H,4-5,7-11H2,1-3H3/t12-,13?,15?,16?,17?,18?,19?,20?,21?/m0/s1. The number of ether oxygens (including phenoxy) is 1. The fourth-order valence-corrected chi connectivity index (χ4v) is 6.06. The van der Waals surface area contributed by atoms with Gasteiger partial charge in [0.15, 0.2) is 0 Å². The van der Waals surface area contributed by atoms with Crippen molar-refractivity contribution in [2.24, 2.45) is 11.8 Å². The first-order valence-corrected chi connectivity index (χ1v) is 11.6. The van der Waals surface area contributed by atoms with Crippen LogP contribution in [0, 0.1) is 11.8 Å². The number of rotatable bonds is 4. The van der Waals surface area contributed by atoms with E-state index < -0.39 is 0 Å². The van der Waals surface area contributed by atoms with Crippen molar-refractivity contribution in [2.75, 3.05) is 20.2 Å². The van der Waals surface area contributed by atoms with E-state index in [-0.39, 0.29) is 23.8 Å². The lowest BCUT2D eigenvalue weighted by atomic mass is 9.71. The van der Waals surface area contributed by atoms with E-state index in [1.54, 1.807) is 0 Å². The van der Waals surface area contributed by atoms with Crippen molar-refractivity contribution in [2.45, 2.75) is 88.0 Å². The van der Waals surface area contributed by atoms with Gasteiger partial charge in [-0.3, -0.25) is 16.0 Å². The Kier molecular flexibility index (Phi) is 6.98. The van der Waals surface area contributed by atoms with Gasteiger partial charge >= 0.3 is 0 Å². The maximum Gasteiger partial charge on any atom is 0.113 e. The van der Waals surface area contributed by atoms with Crippen molar-refractivity contribution in [1.82, 2.24) is 26.6 Å². The van der Waals surface area contributed by atoms with Gasteiger partial charge < -0.3 is 15.4 Å². The third-order valence-electron chi connectivity index (χ3n) is 7.16. The summed E-state index contributed by atoms with van der Waals surface area (Å²) in [6.07, 6.45) is 8.70. The number of halogens is 1. The Balaban J connectivity index is 1.48. The molecule has 28 heavy (non-hydrogen) atoms. The normalized spacial score (nSPS) is 47.3. The van der Waals surface area contributed by atoms with Crippen molar-refractivity contribution in [3.05, 3.63) is 11.6 Å². The van der Waals surface area contributed by atoms with Crippen molar-refractivity contribution in [3.8, 4) is 0 Å². The minimum absolute atomic E-state index is 0.0490. The van der Waals surface area contributed by atoms with E-state index in [4.69, 9.17) is 16.3 Å². The SMILES string of the molecule is CNC1CC(C)NC(NC2CC3CCOC3C(C3=CCN[C@@H](C)CC3)C2Cl)N1. The summed E-state index contributed by atoms with van der Waals surface area (Å²) < 4.78 is 6.24. The predicted molar refractivity (Wildman–Crippen MR) is 114 cm³/mol. The summed E-state index contributed by atoms with van der Waals surface area (Å²) >= 11 is 7.19. The Morgan fingerprint density at radius 1 is 1.14 bits per heavy atom. The van der Waals surface area contributed by atoms with Gasteiger partial charge in [-0.2, -0.15) is 0 Å². The zero-order chi connectivity index (χ0) is 19.7. The van der Waals surface area contributed by atoms with Crippen LogP contribution in [-0.2, 0) is 4.74 Å². The highest BCUT2D eigenvalue weighted by molar-refractivity contribution is 6.21. The van der Waals surface area contributed by atoms with Crippen molar-refractivity contribution in [3.63, 3.8) is 0 Å². The number of nitrogens with one attached hydrogen (secondary N) is 5. The van der Waals surface area contributed by atoms with Crippen molar-refractivity contribution < 1.29 is 4.74 Å². The van der Waals surface area contributed by atoms with E-state index in [0.29, 0.717) is 30.1 Å². The first-order chi connectivity index (χ1) is 13.5. The van der Waals surface area contributed by atoms with Crippen LogP contribution in [0.25, 0.3) is 0 Å². The molecule has 4 rings (SSSR count). The molecule has 0 spiro atoms. The van der Waals surface area contributed by atoms with E-state index in [2.05, 4.69) is 46.5 Å². The summed E-state index contributed by atoms with van der Waals surface area (Å²) in [5.74, 6) is 0.918. The first kappa shape index (κ1) is 21.0. The highest BCUT2D eigenvalue weighted by Gasteiger charge is 2.48. The van der Waals surface area contributed by atoms with E-state index in [1.165, 1.54) is 12.0 Å². The molecule has 0 radical (unpaired) electrons. The monoisotopic (exact) mass is 411 g/mol. The summed E-state index contributed by atoms with van der Waals surface area (Å²) in [4.78, 5) is 0. The molecule has 7 heteroatoms. The molecule has 1 aliphatic carbocycles. The third kappa shape index (κ3) is 4.59. The Hall–Kier alpha value is -0.210. The van der Waals surface area contributed by atoms with Crippen molar-refractivity contribution in [1.29, 1.82) is 0 Å². The fourth-order valence-electron chi connectivity index (χ4n) is 5.58. The molecule has 8 unspecified atom stereocenters. The number of hydrogen-bond donors (Lipinski definition) is 5. The molecule has 0 amide bonds. The minimum Gasteiger partial charge on any atom is -0.377 e. The zero-order valence-electron chi connectivity index (χ0n) is 17.5. The van der Waals surface area contributed by atoms with Crippen LogP contribution in [0.5, 0.6) is 0 Å². The van der Waals surface area contributed by atoms with Crippen LogP contribution in [-0.4, -0.2) is 62.3 Å². The summed E-state index contributed by atoms with van der Waals surface area (Å²) in [5, 5.41) is 18.1. The highest BCUT2D eigenvalue weighted by atomic mass is 35.5. The second-order valence-corrected chi connectivity index (χ2v) is 9.74. The molecule has 0 bridgehead atoms. The zero-order valence-corrected chi connectivity index (χ0v) is 18.3. The molecule has 3 heterocycles. The quantitative estimate of drug-likeness (QED) is 0.356. The van der Waals surface area contributed by atoms with Crippen LogP contribution in [0.1, 0.15) is 46.0 Å². The average molecular weight is 412 g/mol. The molecule has 1 saturated carbocycles. The molecule has 3 fully saturated rings. The van der Waals surface area contributed by atoms with Crippen LogP contribution >= 0.6 is 11.6 Å². The fraction of sp³-hybridized carbons (Fsp3) is 0.905. The number of hydrogen-bond acceptors (Lipinski definition) is 6. The van der Waals surface area contributed by atoms with E-state index >= 15 is 0 Å². The van der Waals surface area contributed by atoms with Gasteiger partial charge in [0.25, 0.3) is 0 Å². The van der Waals surface area contributed by atoms with E-state index in [1.807, 2.05) is 7.05 Å². The minimum atomic E-state index is 0.0490. The third-order valence-corrected chi connectivity index (χ3v) is 7.74. The molecule has 0 aromatic carbocycles. The molecule has 0 aromatic heterocycles. The topological polar surface area (TPSA) is 69.4 Å². The second-order valence-electron chi connectivity index (χ2n) is 9.23. The van der Waals surface area contributed by atoms with Crippen LogP contribution in [0.2, 0.25) is 0 Å². The van der Waals surface area contributed by atoms with Crippen LogP contribution in [0.15, 0.2) is 11.6 Å². The van der Waals surface area contributed by atoms with Crippen molar-refractivity contribution >= 4 is 11.6 Å². The maximum atomic E-state index is 7.19. The summed E-state index contributed by atoms with van der Waals surface area (Å²) in [6, 6.07) is 1.30. The van der Waals surface area contributed by atoms with Gasteiger partial charge in [-0.25, -0.2) is 0 Å². The lowest BCUT2D eigenvalue weighted by molar-refractivity contribution is 0.0200. The lowest BCUT2D eigenvalue weighted by Gasteiger charge is -2.46. The van der Waals surface area contributed by atoms with Crippen LogP contribution in [0.4, 0.5) is 0 Å². The summed E-state index contributed by atoms with van der Waals surface area (Å²) in [7, 11) is 2.02. The van der Waals surface area contributed by atoms with Gasteiger partial charge in [-0.05, 0) is 58.9 Å². The van der Waals surface area contributed by atoms with Gasteiger partial charge in [-0.15, -0.1) is 11.6 Å². The second kappa shape index (κ2) is 9.29. The molecule has 9 atom stereocenters. The lowest BCUT2D eigenvalue weighted by Crippen LogP contribution is -2.69. The molecular formula is C21H38ClN5O. The predicted octanol–water partition coefficient (Wildman–Crippen LogP) is 1.48. The maximum absolute atomic E-state index is 7.19. The van der Waals surface area contributed by atoms with E-state index in [9.17, 15) is 0 Å². The average Bonchev–Trinajstić information content (AvgIpc) is 3.02. The van der Waals surface area contributed by atoms with Gasteiger partial charge in [-0.1, -0.05) is 11.6 Å². The largest absolute Gasteiger partial charge is 0.377 e. The molecule has 6 nitrogen and oxygen atoms in total. The van der Waals surface area contributed by atoms with Gasteiger partial charge in [0.05, 0.1) is 17.6 Å². The Labute approximate surface area is 174 Å². The molecule has 3 aliphatic heterocycles. The molecular weight excluding hydrogens is 374 g/mol. The van der Waals surface area contributed by atoms with Gasteiger partial charge in [0.1, 0.15) is 6.29 Å². The molecule has 4 aliphatic rings. The highest BCUT2D eigenvalue weighted by Crippen LogP contribution is 2.45. The number of alkyl halides is 1. The van der Waals surface area contributed by atoms with Crippen LogP contribution < -0.4 is 26.6 Å². The summed E-state index contributed by atoms with van der Waals surface area (Å²) in [5.41, 5.74) is 1.51. The molecule has 0 aromatic rings. The smallest absolute Gasteiger partial charge is 0.113 e. The van der Waals surface area contributed by atoms with Gasteiger partial charge in [0.2, 0.25) is 0 Å². The molecule has 160 valence electrons. The first-order valence-electron chi connectivity index (χ1n) is 11.2. The summed E-state index contributed by atoms with van der Waals surface area (Å²) in [6.45, 7) is 6.34.